The molecule has 0 radical (unpaired) electrons. The van der Waals surface area contributed by atoms with Gasteiger partial charge in [0.2, 0.25) is 6.33 Å². The fourth-order valence-corrected chi connectivity index (χ4v) is 1.14. The lowest BCUT2D eigenvalue weighted by molar-refractivity contribution is -0.696. The lowest BCUT2D eigenvalue weighted by atomic mass is 10.3. The van der Waals surface area contributed by atoms with Gasteiger partial charge in [0, 0.05) is 11.6 Å². The molecule has 0 saturated heterocycles. The minimum Gasteiger partial charge on any atom is -0.478 e. The van der Waals surface area contributed by atoms with Crippen molar-refractivity contribution < 1.29 is 41.6 Å². The molecular formula is C12H19BF4N2O4. The van der Waals surface area contributed by atoms with Crippen molar-refractivity contribution in [2.45, 2.75) is 26.8 Å². The van der Waals surface area contributed by atoms with Crippen LogP contribution in [0.25, 0.3) is 0 Å². The quantitative estimate of drug-likeness (QED) is 0.380. The molecule has 0 spiro atoms. The summed E-state index contributed by atoms with van der Waals surface area (Å²) in [4.78, 5) is 19.7. The van der Waals surface area contributed by atoms with Gasteiger partial charge in [0.25, 0.3) is 0 Å². The molecule has 0 amide bonds. The number of aryl methyl sites for hydroxylation is 2. The average Bonchev–Trinajstić information content (AvgIpc) is 2.73. The van der Waals surface area contributed by atoms with Gasteiger partial charge in [0.1, 0.15) is 12.4 Å². The van der Waals surface area contributed by atoms with Gasteiger partial charge in [-0.3, -0.25) is 0 Å². The van der Waals surface area contributed by atoms with Gasteiger partial charge in [-0.15, -0.1) is 0 Å². The summed E-state index contributed by atoms with van der Waals surface area (Å²) in [5, 5.41) is 16.1. The molecule has 0 fully saturated rings. The number of hydrogen-bond donors (Lipinski definition) is 2. The molecule has 1 aromatic rings. The van der Waals surface area contributed by atoms with E-state index in [0.717, 1.165) is 6.54 Å². The zero-order valence-corrected chi connectivity index (χ0v) is 12.9. The molecule has 0 aliphatic carbocycles. The van der Waals surface area contributed by atoms with Crippen LogP contribution >= 0.6 is 0 Å². The number of halogens is 4. The van der Waals surface area contributed by atoms with E-state index >= 15 is 0 Å². The van der Waals surface area contributed by atoms with Crippen LogP contribution < -0.4 is 4.57 Å². The van der Waals surface area contributed by atoms with E-state index in [1.165, 1.54) is 13.3 Å². The largest absolute Gasteiger partial charge is 0.673 e. The Labute approximate surface area is 130 Å². The Morgan fingerprint density at radius 2 is 1.74 bits per heavy atom. The topological polar surface area (TPSA) is 83.4 Å². The van der Waals surface area contributed by atoms with Gasteiger partial charge in [-0.05, 0) is 13.3 Å². The van der Waals surface area contributed by atoms with Gasteiger partial charge in [-0.2, -0.15) is 0 Å². The van der Waals surface area contributed by atoms with Crippen molar-refractivity contribution in [3.8, 4) is 0 Å². The summed E-state index contributed by atoms with van der Waals surface area (Å²) >= 11 is 0. The second-order valence-electron chi connectivity index (χ2n) is 4.28. The number of hydrogen-bond acceptors (Lipinski definition) is 2. The highest BCUT2D eigenvalue weighted by Gasteiger charge is 2.20. The van der Waals surface area contributed by atoms with E-state index in [9.17, 15) is 26.9 Å². The molecule has 23 heavy (non-hydrogen) atoms. The number of carboxylic acids is 2. The number of rotatable bonds is 4. The Morgan fingerprint density at radius 3 is 1.96 bits per heavy atom. The molecule has 0 aliphatic rings. The maximum atomic E-state index is 9.90. The molecule has 132 valence electrons. The third-order valence-electron chi connectivity index (χ3n) is 1.98. The standard InChI is InChI=1S/C7H13N2.C5H6O4.BF4/c1-3-4-9-6-5-8(2)7-9;1-3(5(8)9)2-4(6)7;2-1(3,4)5/h5-7H,3-4H2,1-2H3;2H,1H3,(H,6,7)(H,8,9);/q+1;;-1/b;3-2-;. The average molecular weight is 342 g/mol. The van der Waals surface area contributed by atoms with Gasteiger partial charge in [-0.1, -0.05) is 6.92 Å². The molecule has 0 saturated carbocycles. The van der Waals surface area contributed by atoms with Crippen molar-refractivity contribution in [2.75, 3.05) is 0 Å². The van der Waals surface area contributed by atoms with E-state index in [2.05, 4.69) is 34.8 Å². The SMILES string of the molecule is C/C(=C/C(=O)O)C(=O)O.CCC[n+]1ccn(C)c1.F[B-](F)(F)F. The molecule has 0 bridgehead atoms. The van der Waals surface area contributed by atoms with E-state index in [1.54, 1.807) is 0 Å². The maximum absolute atomic E-state index is 9.90. The summed E-state index contributed by atoms with van der Waals surface area (Å²) in [6.07, 6.45) is 8.07. The van der Waals surface area contributed by atoms with Crippen LogP contribution in [0.15, 0.2) is 30.4 Å². The van der Waals surface area contributed by atoms with Crippen molar-refractivity contribution in [3.05, 3.63) is 30.4 Å². The molecule has 1 aromatic heterocycles. The fourth-order valence-electron chi connectivity index (χ4n) is 1.14. The second-order valence-corrected chi connectivity index (χ2v) is 4.28. The van der Waals surface area contributed by atoms with Crippen LogP contribution in [0.5, 0.6) is 0 Å². The molecule has 0 aromatic carbocycles. The van der Waals surface area contributed by atoms with Crippen LogP contribution in [-0.2, 0) is 23.2 Å². The first-order chi connectivity index (χ1) is 10.4. The predicted octanol–water partition coefficient (Wildman–Crippen LogP) is 2.12. The van der Waals surface area contributed by atoms with Crippen molar-refractivity contribution in [3.63, 3.8) is 0 Å². The van der Waals surface area contributed by atoms with Crippen LogP contribution in [0.4, 0.5) is 17.3 Å². The summed E-state index contributed by atoms with van der Waals surface area (Å²) < 4.78 is 43.2. The Morgan fingerprint density at radius 1 is 1.26 bits per heavy atom. The summed E-state index contributed by atoms with van der Waals surface area (Å²) in [6.45, 7) is 4.53. The monoisotopic (exact) mass is 342 g/mol. The van der Waals surface area contributed by atoms with Gasteiger partial charge in [0.15, 0.2) is 0 Å². The summed E-state index contributed by atoms with van der Waals surface area (Å²) in [5.74, 6) is -2.45. The Balaban J connectivity index is 0. The fraction of sp³-hybridized carbons (Fsp3) is 0.417. The first-order valence-electron chi connectivity index (χ1n) is 6.39. The minimum atomic E-state index is -6.00. The number of imidazole rings is 1. The number of nitrogens with zero attached hydrogens (tertiary/aromatic N) is 2. The molecule has 1 rings (SSSR count). The van der Waals surface area contributed by atoms with Crippen LogP contribution in [0.1, 0.15) is 20.3 Å². The first kappa shape index (κ1) is 22.9. The van der Waals surface area contributed by atoms with Crippen LogP contribution in [-0.4, -0.2) is 34.0 Å². The Hall–Kier alpha value is -2.33. The minimum absolute atomic E-state index is 0.178. The van der Waals surface area contributed by atoms with Gasteiger partial charge in [-0.25, -0.2) is 18.7 Å². The second kappa shape index (κ2) is 11.3. The third-order valence-corrected chi connectivity index (χ3v) is 1.98. The highest BCUT2D eigenvalue weighted by atomic mass is 19.5. The van der Waals surface area contributed by atoms with Gasteiger partial charge < -0.3 is 27.5 Å². The summed E-state index contributed by atoms with van der Waals surface area (Å²) in [7, 11) is -3.97. The van der Waals surface area contributed by atoms with Crippen LogP contribution in [0.3, 0.4) is 0 Å². The number of aliphatic carboxylic acids is 2. The van der Waals surface area contributed by atoms with Crippen molar-refractivity contribution in [1.29, 1.82) is 0 Å². The Bertz CT molecular complexity index is 523. The van der Waals surface area contributed by atoms with E-state index < -0.39 is 19.2 Å². The number of aromatic nitrogens is 2. The van der Waals surface area contributed by atoms with E-state index in [0.29, 0.717) is 6.08 Å². The van der Waals surface area contributed by atoms with E-state index in [-0.39, 0.29) is 5.57 Å². The molecule has 0 atom stereocenters. The maximum Gasteiger partial charge on any atom is 0.673 e. The van der Waals surface area contributed by atoms with Crippen molar-refractivity contribution in [1.82, 2.24) is 4.57 Å². The summed E-state index contributed by atoms with van der Waals surface area (Å²) in [5.41, 5.74) is -0.178. The zero-order valence-electron chi connectivity index (χ0n) is 12.9. The molecule has 2 N–H and O–H groups in total. The summed E-state index contributed by atoms with van der Waals surface area (Å²) in [6, 6.07) is 0. The van der Waals surface area contributed by atoms with Crippen LogP contribution in [0.2, 0.25) is 0 Å². The lowest BCUT2D eigenvalue weighted by Crippen LogP contribution is -2.30. The van der Waals surface area contributed by atoms with Gasteiger partial charge >= 0.3 is 19.2 Å². The molecule has 0 aliphatic heterocycles. The smallest absolute Gasteiger partial charge is 0.478 e. The lowest BCUT2D eigenvalue weighted by Gasteiger charge is -1.94. The molecular weight excluding hydrogens is 323 g/mol. The first-order valence-corrected chi connectivity index (χ1v) is 6.39. The van der Waals surface area contributed by atoms with E-state index in [1.807, 2.05) is 7.05 Å². The van der Waals surface area contributed by atoms with Gasteiger partial charge in [0.05, 0.1) is 13.6 Å². The highest BCUT2D eigenvalue weighted by Crippen LogP contribution is 2.06. The van der Waals surface area contributed by atoms with Crippen LogP contribution in [0, 0.1) is 0 Å². The van der Waals surface area contributed by atoms with E-state index in [4.69, 9.17) is 10.2 Å². The normalized spacial score (nSPS) is 10.8. The van der Waals surface area contributed by atoms with Crippen molar-refractivity contribution >= 4 is 19.2 Å². The molecule has 11 heteroatoms. The zero-order chi connectivity index (χ0) is 18.6. The molecule has 1 heterocycles. The number of carboxylic acid groups (broad SMARTS) is 2. The number of carbonyl (C=O) groups is 2. The molecule has 0 unspecified atom stereocenters. The van der Waals surface area contributed by atoms with Crippen molar-refractivity contribution in [2.24, 2.45) is 7.05 Å². The molecule has 6 nitrogen and oxygen atoms in total. The Kier molecular flexibility index (Phi) is 11.2. The highest BCUT2D eigenvalue weighted by molar-refractivity contribution is 6.50. The predicted molar refractivity (Wildman–Crippen MR) is 75.1 cm³/mol. The third kappa shape index (κ3) is 19.7.